The van der Waals surface area contributed by atoms with Crippen LogP contribution in [0.1, 0.15) is 18.4 Å². The maximum atomic E-state index is 12.6. The SMILES string of the molecule is COc1ccccc1CCCNC(=O)[C@H]1CCN(S(C)(=O)=O)c2ccccc2O1. The second kappa shape index (κ2) is 9.17. The lowest BCUT2D eigenvalue weighted by atomic mass is 10.1. The van der Waals surface area contributed by atoms with Gasteiger partial charge < -0.3 is 14.8 Å². The number of ether oxygens (including phenoxy) is 2. The van der Waals surface area contributed by atoms with Crippen LogP contribution in [0.2, 0.25) is 0 Å². The molecule has 0 saturated heterocycles. The van der Waals surface area contributed by atoms with Crippen LogP contribution in [0.3, 0.4) is 0 Å². The van der Waals surface area contributed by atoms with Crippen molar-refractivity contribution in [3.63, 3.8) is 0 Å². The summed E-state index contributed by atoms with van der Waals surface area (Å²) in [4.78, 5) is 12.6. The molecule has 0 aromatic heterocycles. The van der Waals surface area contributed by atoms with E-state index in [1.54, 1.807) is 31.4 Å². The van der Waals surface area contributed by atoms with E-state index in [1.807, 2.05) is 24.3 Å². The van der Waals surface area contributed by atoms with E-state index in [4.69, 9.17) is 9.47 Å². The van der Waals surface area contributed by atoms with Crippen molar-refractivity contribution in [2.75, 3.05) is 30.8 Å². The van der Waals surface area contributed by atoms with E-state index in [2.05, 4.69) is 5.32 Å². The Kier molecular flexibility index (Phi) is 6.64. The summed E-state index contributed by atoms with van der Waals surface area (Å²) in [5.74, 6) is 0.989. The molecule has 0 fully saturated rings. The second-order valence-corrected chi connectivity index (χ2v) is 8.81. The average Bonchev–Trinajstić information content (AvgIpc) is 2.91. The van der Waals surface area contributed by atoms with Crippen molar-refractivity contribution in [3.8, 4) is 11.5 Å². The van der Waals surface area contributed by atoms with Crippen LogP contribution in [0.25, 0.3) is 0 Å². The van der Waals surface area contributed by atoms with E-state index < -0.39 is 16.1 Å². The molecule has 1 aliphatic rings. The first-order chi connectivity index (χ1) is 13.9. The van der Waals surface area contributed by atoms with Gasteiger partial charge in [-0.05, 0) is 36.6 Å². The molecule has 3 rings (SSSR count). The van der Waals surface area contributed by atoms with E-state index in [-0.39, 0.29) is 18.9 Å². The lowest BCUT2D eigenvalue weighted by Gasteiger charge is -2.20. The molecule has 2 aromatic rings. The molecule has 0 saturated carbocycles. The van der Waals surface area contributed by atoms with Gasteiger partial charge >= 0.3 is 0 Å². The number of methoxy groups -OCH3 is 1. The number of carbonyl (C=O) groups excluding carboxylic acids is 1. The van der Waals surface area contributed by atoms with Crippen LogP contribution in [0.5, 0.6) is 11.5 Å². The zero-order valence-electron chi connectivity index (χ0n) is 16.6. The third kappa shape index (κ3) is 5.20. The van der Waals surface area contributed by atoms with E-state index in [1.165, 1.54) is 4.31 Å². The Labute approximate surface area is 171 Å². The summed E-state index contributed by atoms with van der Waals surface area (Å²) < 4.78 is 36.8. The molecule has 1 amide bonds. The Morgan fingerprint density at radius 1 is 1.21 bits per heavy atom. The zero-order chi connectivity index (χ0) is 20.9. The van der Waals surface area contributed by atoms with Crippen LogP contribution in [0, 0.1) is 0 Å². The van der Waals surface area contributed by atoms with Gasteiger partial charge in [0, 0.05) is 19.5 Å². The number of fused-ring (bicyclic) bond motifs is 1. The maximum Gasteiger partial charge on any atom is 0.261 e. The number of benzene rings is 2. The number of carbonyl (C=O) groups is 1. The van der Waals surface area contributed by atoms with Gasteiger partial charge in [0.1, 0.15) is 11.5 Å². The predicted octanol–water partition coefficient (Wildman–Crippen LogP) is 2.36. The van der Waals surface area contributed by atoms with Crippen LogP contribution in [-0.4, -0.2) is 46.9 Å². The predicted molar refractivity (Wildman–Crippen MR) is 112 cm³/mol. The van der Waals surface area contributed by atoms with Crippen molar-refractivity contribution in [2.45, 2.75) is 25.4 Å². The zero-order valence-corrected chi connectivity index (χ0v) is 17.4. The summed E-state index contributed by atoms with van der Waals surface area (Å²) in [7, 11) is -1.82. The highest BCUT2D eigenvalue weighted by atomic mass is 32.2. The van der Waals surface area contributed by atoms with Gasteiger partial charge in [-0.15, -0.1) is 0 Å². The van der Waals surface area contributed by atoms with E-state index in [0.717, 1.165) is 30.4 Å². The molecule has 0 spiro atoms. The van der Waals surface area contributed by atoms with Crippen molar-refractivity contribution >= 4 is 21.6 Å². The molecule has 0 bridgehead atoms. The number of anilines is 1. The fourth-order valence-corrected chi connectivity index (χ4v) is 4.32. The Bertz CT molecular complexity index is 961. The Balaban J connectivity index is 1.59. The minimum Gasteiger partial charge on any atom is -0.496 e. The quantitative estimate of drug-likeness (QED) is 0.698. The monoisotopic (exact) mass is 418 g/mol. The van der Waals surface area contributed by atoms with Crippen molar-refractivity contribution in [3.05, 3.63) is 54.1 Å². The van der Waals surface area contributed by atoms with Gasteiger partial charge in [0.15, 0.2) is 6.10 Å². The molecule has 1 aliphatic heterocycles. The first kappa shape index (κ1) is 21.0. The van der Waals surface area contributed by atoms with Crippen LogP contribution >= 0.6 is 0 Å². The molecule has 0 unspecified atom stereocenters. The molecule has 0 radical (unpaired) electrons. The van der Waals surface area contributed by atoms with Gasteiger partial charge in [0.2, 0.25) is 10.0 Å². The lowest BCUT2D eigenvalue weighted by Crippen LogP contribution is -2.40. The fourth-order valence-electron chi connectivity index (χ4n) is 3.37. The van der Waals surface area contributed by atoms with Crippen LogP contribution in [0.15, 0.2) is 48.5 Å². The van der Waals surface area contributed by atoms with E-state index >= 15 is 0 Å². The summed E-state index contributed by atoms with van der Waals surface area (Å²) in [5, 5.41) is 2.90. The average molecular weight is 419 g/mol. The van der Waals surface area contributed by atoms with Crippen LogP contribution in [0.4, 0.5) is 5.69 Å². The highest BCUT2D eigenvalue weighted by Gasteiger charge is 2.30. The van der Waals surface area contributed by atoms with Gasteiger partial charge in [-0.2, -0.15) is 0 Å². The molecule has 2 aromatic carbocycles. The van der Waals surface area contributed by atoms with Gasteiger partial charge in [0.05, 0.1) is 19.1 Å². The highest BCUT2D eigenvalue weighted by molar-refractivity contribution is 7.92. The largest absolute Gasteiger partial charge is 0.496 e. The molecule has 7 nitrogen and oxygen atoms in total. The number of nitrogens with one attached hydrogen (secondary N) is 1. The minimum absolute atomic E-state index is 0.190. The van der Waals surface area contributed by atoms with Crippen molar-refractivity contribution in [2.24, 2.45) is 0 Å². The number of aryl methyl sites for hydroxylation is 1. The summed E-state index contributed by atoms with van der Waals surface area (Å²) >= 11 is 0. The maximum absolute atomic E-state index is 12.6. The Morgan fingerprint density at radius 2 is 1.93 bits per heavy atom. The van der Waals surface area contributed by atoms with Crippen LogP contribution in [-0.2, 0) is 21.2 Å². The molecule has 29 heavy (non-hydrogen) atoms. The Hall–Kier alpha value is -2.74. The number of para-hydroxylation sites is 3. The fraction of sp³-hybridized carbons (Fsp3) is 0.381. The van der Waals surface area contributed by atoms with E-state index in [9.17, 15) is 13.2 Å². The number of nitrogens with zero attached hydrogens (tertiary/aromatic N) is 1. The smallest absolute Gasteiger partial charge is 0.261 e. The molecule has 1 N–H and O–H groups in total. The number of amides is 1. The summed E-state index contributed by atoms with van der Waals surface area (Å²) in [6.07, 6.45) is 2.22. The first-order valence-electron chi connectivity index (χ1n) is 9.53. The Morgan fingerprint density at radius 3 is 2.69 bits per heavy atom. The van der Waals surface area contributed by atoms with Gasteiger partial charge in [0.25, 0.3) is 5.91 Å². The number of hydrogen-bond donors (Lipinski definition) is 1. The summed E-state index contributed by atoms with van der Waals surface area (Å²) in [6.45, 7) is 0.684. The van der Waals surface area contributed by atoms with Crippen LogP contribution < -0.4 is 19.1 Å². The summed E-state index contributed by atoms with van der Waals surface area (Å²) in [6, 6.07) is 14.7. The summed E-state index contributed by atoms with van der Waals surface area (Å²) in [5.41, 5.74) is 1.55. The number of sulfonamides is 1. The molecule has 1 heterocycles. The van der Waals surface area contributed by atoms with Crippen molar-refractivity contribution < 1.29 is 22.7 Å². The standard InChI is InChI=1S/C21H26N2O5S/c1-27-18-11-5-3-8-16(18)9-7-14-22-21(24)20-13-15-23(29(2,25)26)17-10-4-6-12-19(17)28-20/h3-6,8,10-12,20H,7,9,13-15H2,1-2H3,(H,22,24)/t20-/m1/s1. The van der Waals surface area contributed by atoms with Crippen molar-refractivity contribution in [1.29, 1.82) is 0 Å². The van der Waals surface area contributed by atoms with Gasteiger partial charge in [-0.3, -0.25) is 9.10 Å². The topological polar surface area (TPSA) is 84.9 Å². The number of rotatable bonds is 7. The third-order valence-corrected chi connectivity index (χ3v) is 5.98. The van der Waals surface area contributed by atoms with Gasteiger partial charge in [-0.1, -0.05) is 30.3 Å². The molecular weight excluding hydrogens is 392 g/mol. The van der Waals surface area contributed by atoms with Crippen molar-refractivity contribution in [1.82, 2.24) is 5.32 Å². The molecular formula is C21H26N2O5S. The minimum atomic E-state index is -3.46. The molecule has 1 atom stereocenters. The molecule has 156 valence electrons. The first-order valence-corrected chi connectivity index (χ1v) is 11.4. The van der Waals surface area contributed by atoms with Gasteiger partial charge in [-0.25, -0.2) is 8.42 Å². The van der Waals surface area contributed by atoms with E-state index in [0.29, 0.717) is 18.0 Å². The highest BCUT2D eigenvalue weighted by Crippen LogP contribution is 2.33. The molecule has 0 aliphatic carbocycles. The second-order valence-electron chi connectivity index (χ2n) is 6.90. The normalized spacial score (nSPS) is 16.3. The number of hydrogen-bond acceptors (Lipinski definition) is 5. The lowest BCUT2D eigenvalue weighted by molar-refractivity contribution is -0.128. The third-order valence-electron chi connectivity index (χ3n) is 4.80. The molecule has 8 heteroatoms.